The highest BCUT2D eigenvalue weighted by Gasteiger charge is 2.39. The number of pyridine rings is 1. The van der Waals surface area contributed by atoms with Gasteiger partial charge in [0.1, 0.15) is 0 Å². The third kappa shape index (κ3) is 2.58. The Morgan fingerprint density at radius 2 is 2.15 bits per heavy atom. The van der Waals surface area contributed by atoms with Gasteiger partial charge in [-0.1, -0.05) is 18.5 Å². The molecule has 1 N–H and O–H groups in total. The predicted molar refractivity (Wildman–Crippen MR) is 100 cm³/mol. The molecule has 2 amide bonds. The van der Waals surface area contributed by atoms with Crippen LogP contribution < -0.4 is 10.2 Å². The fourth-order valence-electron chi connectivity index (χ4n) is 4.21. The summed E-state index contributed by atoms with van der Waals surface area (Å²) < 4.78 is 0. The number of anilines is 1. The van der Waals surface area contributed by atoms with Crippen LogP contribution >= 0.6 is 11.6 Å². The second-order valence-corrected chi connectivity index (χ2v) is 7.29. The Bertz CT molecular complexity index is 912. The Balaban J connectivity index is 1.79. The lowest BCUT2D eigenvalue weighted by Gasteiger charge is -2.26. The molecule has 0 saturated carbocycles. The van der Waals surface area contributed by atoms with E-state index < -0.39 is 0 Å². The molecule has 4 rings (SSSR count). The number of nitrogens with one attached hydrogen (secondary N) is 1. The van der Waals surface area contributed by atoms with Gasteiger partial charge in [0.05, 0.1) is 24.0 Å². The first-order chi connectivity index (χ1) is 12.5. The van der Waals surface area contributed by atoms with E-state index in [0.717, 1.165) is 41.6 Å². The van der Waals surface area contributed by atoms with Gasteiger partial charge in [-0.15, -0.1) is 0 Å². The number of aromatic nitrogens is 1. The van der Waals surface area contributed by atoms with Gasteiger partial charge in [0.15, 0.2) is 0 Å². The highest BCUT2D eigenvalue weighted by atomic mass is 35.5. The third-order valence-corrected chi connectivity index (χ3v) is 5.52. The summed E-state index contributed by atoms with van der Waals surface area (Å²) in [5.74, 6) is -0.0688. The zero-order valence-electron chi connectivity index (χ0n) is 14.8. The lowest BCUT2D eigenvalue weighted by Crippen LogP contribution is -2.29. The fourth-order valence-corrected chi connectivity index (χ4v) is 4.39. The highest BCUT2D eigenvalue weighted by Crippen LogP contribution is 2.44. The average molecular weight is 370 g/mol. The molecular weight excluding hydrogens is 350 g/mol. The molecule has 6 heteroatoms. The fraction of sp³-hybridized carbons (Fsp3) is 0.350. The monoisotopic (exact) mass is 369 g/mol. The number of nitrogens with zero attached hydrogens (tertiary/aromatic N) is 2. The average Bonchev–Trinajstić information content (AvgIpc) is 3.13. The maximum atomic E-state index is 13.1. The van der Waals surface area contributed by atoms with E-state index >= 15 is 0 Å². The molecule has 5 nitrogen and oxygen atoms in total. The topological polar surface area (TPSA) is 62.3 Å². The van der Waals surface area contributed by atoms with Crippen molar-refractivity contribution in [1.82, 2.24) is 10.3 Å². The van der Waals surface area contributed by atoms with Crippen molar-refractivity contribution in [2.75, 3.05) is 4.90 Å². The number of carbonyl (C=O) groups is 2. The normalized spacial score (nSPS) is 20.9. The van der Waals surface area contributed by atoms with Crippen LogP contribution in [-0.4, -0.2) is 16.8 Å². The minimum absolute atomic E-state index is 0.0123. The Morgan fingerprint density at radius 1 is 1.35 bits per heavy atom. The van der Waals surface area contributed by atoms with Crippen molar-refractivity contribution in [2.45, 2.75) is 45.2 Å². The van der Waals surface area contributed by atoms with E-state index in [4.69, 9.17) is 11.6 Å². The number of hydrogen-bond donors (Lipinski definition) is 1. The van der Waals surface area contributed by atoms with Crippen molar-refractivity contribution in [2.24, 2.45) is 0 Å². The molecular formula is C20H20ClN3O2. The van der Waals surface area contributed by atoms with Crippen LogP contribution in [-0.2, 0) is 11.2 Å². The SMILES string of the molecule is CC[C@@H]1c2cc(Cl)ccc2C(=O)N1c1cncc2c1CC[C@@H]2NC(C)=O. The van der Waals surface area contributed by atoms with Crippen LogP contribution in [0.25, 0.3) is 0 Å². The Morgan fingerprint density at radius 3 is 2.88 bits per heavy atom. The summed E-state index contributed by atoms with van der Waals surface area (Å²) in [7, 11) is 0. The molecule has 0 saturated heterocycles. The molecule has 2 aromatic rings. The molecule has 1 aromatic carbocycles. The summed E-state index contributed by atoms with van der Waals surface area (Å²) in [6.07, 6.45) is 6.00. The molecule has 2 atom stereocenters. The number of carbonyl (C=O) groups excluding carboxylic acids is 2. The number of benzene rings is 1. The van der Waals surface area contributed by atoms with E-state index in [0.29, 0.717) is 10.6 Å². The van der Waals surface area contributed by atoms with Gasteiger partial charge < -0.3 is 5.32 Å². The number of amides is 2. The van der Waals surface area contributed by atoms with Crippen molar-refractivity contribution >= 4 is 29.1 Å². The van der Waals surface area contributed by atoms with Crippen LogP contribution in [0.3, 0.4) is 0 Å². The standard InChI is InChI=1S/C20H20ClN3O2/c1-3-18-15-8-12(21)4-5-14(15)20(26)24(18)19-10-22-9-16-13(19)6-7-17(16)23-11(2)25/h4-5,8-10,17-18H,3,6-7H2,1-2H3,(H,23,25)/t17-,18+/m0/s1. The summed E-state index contributed by atoms with van der Waals surface area (Å²) in [4.78, 5) is 30.8. The summed E-state index contributed by atoms with van der Waals surface area (Å²) in [6, 6.07) is 5.36. The first kappa shape index (κ1) is 17.0. The van der Waals surface area contributed by atoms with Crippen molar-refractivity contribution in [3.63, 3.8) is 0 Å². The summed E-state index contributed by atoms with van der Waals surface area (Å²) in [5.41, 5.74) is 4.63. The van der Waals surface area contributed by atoms with E-state index in [1.54, 1.807) is 24.5 Å². The van der Waals surface area contributed by atoms with Gasteiger partial charge in [-0.25, -0.2) is 0 Å². The first-order valence-electron chi connectivity index (χ1n) is 8.88. The molecule has 26 heavy (non-hydrogen) atoms. The van der Waals surface area contributed by atoms with Gasteiger partial charge in [-0.05, 0) is 54.2 Å². The number of fused-ring (bicyclic) bond motifs is 2. The summed E-state index contributed by atoms with van der Waals surface area (Å²) in [6.45, 7) is 3.59. The molecule has 0 radical (unpaired) electrons. The number of hydrogen-bond acceptors (Lipinski definition) is 3. The van der Waals surface area contributed by atoms with Crippen molar-refractivity contribution in [3.8, 4) is 0 Å². The molecule has 0 bridgehead atoms. The van der Waals surface area contributed by atoms with Gasteiger partial charge in [0.2, 0.25) is 5.91 Å². The maximum Gasteiger partial charge on any atom is 0.259 e. The maximum absolute atomic E-state index is 13.1. The molecule has 2 aliphatic rings. The zero-order valence-corrected chi connectivity index (χ0v) is 15.5. The summed E-state index contributed by atoms with van der Waals surface area (Å²) in [5, 5.41) is 3.61. The summed E-state index contributed by atoms with van der Waals surface area (Å²) >= 11 is 6.17. The minimum atomic E-state index is -0.0565. The van der Waals surface area contributed by atoms with E-state index in [1.807, 2.05) is 11.0 Å². The van der Waals surface area contributed by atoms with E-state index in [1.165, 1.54) is 6.92 Å². The van der Waals surface area contributed by atoms with Gasteiger partial charge in [-0.3, -0.25) is 19.5 Å². The molecule has 0 fully saturated rings. The van der Waals surface area contributed by atoms with Gasteiger partial charge >= 0.3 is 0 Å². The number of rotatable bonds is 3. The molecule has 134 valence electrons. The number of halogens is 1. The van der Waals surface area contributed by atoms with Gasteiger partial charge in [0, 0.05) is 23.7 Å². The van der Waals surface area contributed by atoms with E-state index in [2.05, 4.69) is 17.2 Å². The largest absolute Gasteiger partial charge is 0.349 e. The third-order valence-electron chi connectivity index (χ3n) is 5.28. The van der Waals surface area contributed by atoms with E-state index in [9.17, 15) is 9.59 Å². The van der Waals surface area contributed by atoms with Crippen LogP contribution in [0.4, 0.5) is 5.69 Å². The second-order valence-electron chi connectivity index (χ2n) is 6.85. The molecule has 1 aliphatic carbocycles. The Labute approximate surface area is 157 Å². The van der Waals surface area contributed by atoms with Crippen molar-refractivity contribution in [1.29, 1.82) is 0 Å². The molecule has 0 unspecified atom stereocenters. The zero-order chi connectivity index (χ0) is 18.4. The van der Waals surface area contributed by atoms with Crippen LogP contribution in [0.2, 0.25) is 5.02 Å². The predicted octanol–water partition coefficient (Wildman–Crippen LogP) is 3.97. The van der Waals surface area contributed by atoms with Crippen LogP contribution in [0, 0.1) is 0 Å². The molecule has 2 heterocycles. The van der Waals surface area contributed by atoms with Crippen molar-refractivity contribution < 1.29 is 9.59 Å². The lowest BCUT2D eigenvalue weighted by molar-refractivity contribution is -0.119. The minimum Gasteiger partial charge on any atom is -0.349 e. The highest BCUT2D eigenvalue weighted by molar-refractivity contribution is 6.31. The Kier molecular flexibility index (Phi) is 4.19. The smallest absolute Gasteiger partial charge is 0.259 e. The molecule has 1 aromatic heterocycles. The van der Waals surface area contributed by atoms with E-state index in [-0.39, 0.29) is 23.9 Å². The quantitative estimate of drug-likeness (QED) is 0.890. The first-order valence-corrected chi connectivity index (χ1v) is 9.26. The van der Waals surface area contributed by atoms with Gasteiger partial charge in [-0.2, -0.15) is 0 Å². The second kappa shape index (κ2) is 6.40. The van der Waals surface area contributed by atoms with Crippen LogP contribution in [0.1, 0.15) is 65.8 Å². The lowest BCUT2D eigenvalue weighted by atomic mass is 10.0. The van der Waals surface area contributed by atoms with Crippen molar-refractivity contribution in [3.05, 3.63) is 57.9 Å². The molecule has 1 aliphatic heterocycles. The molecule has 0 spiro atoms. The Hall–Kier alpha value is -2.40. The van der Waals surface area contributed by atoms with Gasteiger partial charge in [0.25, 0.3) is 5.91 Å². The van der Waals surface area contributed by atoms with Crippen LogP contribution in [0.5, 0.6) is 0 Å². The van der Waals surface area contributed by atoms with Crippen LogP contribution in [0.15, 0.2) is 30.6 Å².